The number of nitrogens with one attached hydrogen (secondary N) is 1. The number of hydrogen-bond donors (Lipinski definition) is 3. The minimum absolute atomic E-state index is 0.00677. The van der Waals surface area contributed by atoms with E-state index in [1.165, 1.54) is 27.0 Å². The van der Waals surface area contributed by atoms with E-state index >= 15 is 0 Å². The van der Waals surface area contributed by atoms with Crippen LogP contribution in [0.1, 0.15) is 31.8 Å². The largest absolute Gasteiger partial charge is 0.507 e. The molecule has 4 rings (SSSR count). The Balaban J connectivity index is 1.74. The molecule has 0 aliphatic carbocycles. The van der Waals surface area contributed by atoms with Crippen LogP contribution in [0.5, 0.6) is 5.75 Å². The van der Waals surface area contributed by atoms with Crippen LogP contribution in [0.25, 0.3) is 16.9 Å². The zero-order valence-corrected chi connectivity index (χ0v) is 20.2. The number of nitrogens with zero attached hydrogens (tertiary/aromatic N) is 5. The number of benzene rings is 1. The highest BCUT2D eigenvalue weighted by Gasteiger charge is 2.29. The lowest BCUT2D eigenvalue weighted by Crippen LogP contribution is -2.49. The highest BCUT2D eigenvalue weighted by molar-refractivity contribution is 7.89. The second kappa shape index (κ2) is 9.82. The van der Waals surface area contributed by atoms with E-state index in [1.807, 2.05) is 18.7 Å². The van der Waals surface area contributed by atoms with E-state index in [-0.39, 0.29) is 28.6 Å². The first-order valence-corrected chi connectivity index (χ1v) is 12.9. The monoisotopic (exact) mass is 490 g/mol. The smallest absolute Gasteiger partial charge is 0.277 e. The quantitative estimate of drug-likeness (QED) is 0.416. The highest BCUT2D eigenvalue weighted by Crippen LogP contribution is 2.30. The average Bonchev–Trinajstić information content (AvgIpc) is 3.18. The number of aliphatic hydroxyl groups excluding tert-OH is 1. The number of phenolic OH excluding ortho intramolecular Hbond substituents is 1. The summed E-state index contributed by atoms with van der Waals surface area (Å²) >= 11 is 0. The molecule has 0 amide bonds. The number of hydrogen-bond acceptors (Lipinski definition) is 8. The molecule has 0 radical (unpaired) electrons. The van der Waals surface area contributed by atoms with E-state index in [4.69, 9.17) is 5.11 Å². The molecule has 12 heteroatoms. The number of imidazole rings is 1. The molecule has 11 nitrogen and oxygen atoms in total. The predicted molar refractivity (Wildman–Crippen MR) is 126 cm³/mol. The van der Waals surface area contributed by atoms with Gasteiger partial charge < -0.3 is 15.2 Å². The zero-order chi connectivity index (χ0) is 24.5. The van der Waals surface area contributed by atoms with Gasteiger partial charge in [0.25, 0.3) is 5.56 Å². The van der Waals surface area contributed by atoms with Crippen LogP contribution < -0.4 is 5.56 Å². The summed E-state index contributed by atoms with van der Waals surface area (Å²) in [4.78, 5) is 22.2. The van der Waals surface area contributed by atoms with Gasteiger partial charge in [-0.05, 0) is 31.0 Å². The topological polar surface area (TPSA) is 144 Å². The Kier molecular flexibility index (Phi) is 7.03. The van der Waals surface area contributed by atoms with Crippen LogP contribution in [0.2, 0.25) is 0 Å². The van der Waals surface area contributed by atoms with E-state index in [0.717, 1.165) is 6.42 Å². The molecular weight excluding hydrogens is 460 g/mol. The van der Waals surface area contributed by atoms with Gasteiger partial charge in [0.1, 0.15) is 11.6 Å². The van der Waals surface area contributed by atoms with E-state index < -0.39 is 15.6 Å². The van der Waals surface area contributed by atoms with Crippen LogP contribution in [0, 0.1) is 0 Å². The van der Waals surface area contributed by atoms with Gasteiger partial charge in [0, 0.05) is 39.1 Å². The van der Waals surface area contributed by atoms with Gasteiger partial charge in [-0.1, -0.05) is 13.8 Å². The fraction of sp³-hybridized carbons (Fsp3) is 0.500. The molecule has 3 aromatic rings. The molecule has 1 aliphatic heterocycles. The summed E-state index contributed by atoms with van der Waals surface area (Å²) in [5.74, 6) is 0.519. The van der Waals surface area contributed by atoms with Gasteiger partial charge in [0.05, 0.1) is 22.8 Å². The Morgan fingerprint density at radius 2 is 1.88 bits per heavy atom. The van der Waals surface area contributed by atoms with Crippen molar-refractivity contribution in [2.75, 3.05) is 39.3 Å². The van der Waals surface area contributed by atoms with Crippen LogP contribution in [0.3, 0.4) is 0 Å². The molecule has 0 unspecified atom stereocenters. The van der Waals surface area contributed by atoms with Crippen molar-refractivity contribution in [1.82, 2.24) is 28.8 Å². The second-order valence-electron chi connectivity index (χ2n) is 8.29. The van der Waals surface area contributed by atoms with Crippen molar-refractivity contribution >= 4 is 15.5 Å². The lowest BCUT2D eigenvalue weighted by molar-refractivity contribution is 0.151. The Bertz CT molecular complexity index is 1340. The summed E-state index contributed by atoms with van der Waals surface area (Å²) in [6.45, 7) is 6.10. The number of piperazine rings is 1. The van der Waals surface area contributed by atoms with Gasteiger partial charge in [-0.15, -0.1) is 5.10 Å². The Morgan fingerprint density at radius 3 is 2.53 bits per heavy atom. The number of fused-ring (bicyclic) bond motifs is 1. The van der Waals surface area contributed by atoms with E-state index in [1.54, 1.807) is 0 Å². The maximum absolute atomic E-state index is 13.3. The van der Waals surface area contributed by atoms with Crippen molar-refractivity contribution in [2.24, 2.45) is 0 Å². The van der Waals surface area contributed by atoms with Crippen LogP contribution in [0.15, 0.2) is 27.9 Å². The Hall–Kier alpha value is -2.80. The minimum atomic E-state index is -3.82. The van der Waals surface area contributed by atoms with Crippen LogP contribution >= 0.6 is 0 Å². The molecule has 184 valence electrons. The van der Waals surface area contributed by atoms with Crippen molar-refractivity contribution in [3.63, 3.8) is 0 Å². The number of aromatic hydroxyl groups is 1. The molecule has 3 N–H and O–H groups in total. The molecule has 34 heavy (non-hydrogen) atoms. The molecular formula is C22H30N6O5S. The number of aryl methyl sites for hydroxylation is 2. The number of aliphatic hydroxyl groups is 1. The number of β-amino-alcohol motifs (C(OH)–C–C–N with tert-alkyl or cyclic N) is 1. The van der Waals surface area contributed by atoms with Gasteiger partial charge in [-0.25, -0.2) is 17.9 Å². The summed E-state index contributed by atoms with van der Waals surface area (Å²) in [7, 11) is -3.82. The van der Waals surface area contributed by atoms with Gasteiger partial charge in [0.15, 0.2) is 11.3 Å². The first kappa shape index (κ1) is 24.3. The number of H-pyrrole nitrogens is 1. The fourth-order valence-corrected chi connectivity index (χ4v) is 5.69. The summed E-state index contributed by atoms with van der Waals surface area (Å²) in [5, 5.41) is 24.1. The molecule has 1 fully saturated rings. The summed E-state index contributed by atoms with van der Waals surface area (Å²) in [6, 6.07) is 3.98. The highest BCUT2D eigenvalue weighted by atomic mass is 32.2. The summed E-state index contributed by atoms with van der Waals surface area (Å²) < 4.78 is 29.4. The first-order chi connectivity index (χ1) is 16.3. The third-order valence-electron chi connectivity index (χ3n) is 6.06. The lowest BCUT2D eigenvalue weighted by Gasteiger charge is -2.33. The Morgan fingerprint density at radius 1 is 1.15 bits per heavy atom. The average molecular weight is 491 g/mol. The van der Waals surface area contributed by atoms with Gasteiger partial charge in [0.2, 0.25) is 10.0 Å². The molecule has 0 spiro atoms. The molecule has 2 aromatic heterocycles. The fourth-order valence-electron chi connectivity index (χ4n) is 4.24. The standard InChI is InChI=1S/C22H30N6O5S/c1-3-5-19-23-17(4-2)20-22(31)24-21(25-28(19)20)16-14-15(6-7-18(16)30)34(32,33)27-10-8-26(9-11-27)12-13-29/h6-7,14,29-30H,3-5,8-13H2,1-2H3,(H,24,25,31). The number of aromatic nitrogens is 4. The number of rotatable bonds is 8. The third kappa shape index (κ3) is 4.45. The number of aromatic amines is 1. The maximum Gasteiger partial charge on any atom is 0.277 e. The number of sulfonamides is 1. The van der Waals surface area contributed by atoms with Crippen LogP contribution in [-0.2, 0) is 22.9 Å². The molecule has 0 bridgehead atoms. The molecule has 0 saturated carbocycles. The molecule has 1 aromatic carbocycles. The van der Waals surface area contributed by atoms with E-state index in [9.17, 15) is 18.3 Å². The SMILES string of the molecule is CCCc1nc(CC)c2c(=O)[nH]c(-c3cc(S(=O)(=O)N4CCN(CCO)CC4)ccc3O)nn12. The maximum atomic E-state index is 13.3. The summed E-state index contributed by atoms with van der Waals surface area (Å²) in [6.07, 6.45) is 2.01. The van der Waals surface area contributed by atoms with Crippen molar-refractivity contribution < 1.29 is 18.6 Å². The van der Waals surface area contributed by atoms with Gasteiger partial charge in [-0.2, -0.15) is 4.31 Å². The van der Waals surface area contributed by atoms with Crippen LogP contribution in [0.4, 0.5) is 0 Å². The predicted octanol–water partition coefficient (Wildman–Crippen LogP) is 0.604. The lowest BCUT2D eigenvalue weighted by atomic mass is 10.2. The molecule has 1 saturated heterocycles. The minimum Gasteiger partial charge on any atom is -0.507 e. The molecule has 3 heterocycles. The zero-order valence-electron chi connectivity index (χ0n) is 19.4. The first-order valence-electron chi connectivity index (χ1n) is 11.5. The molecule has 1 aliphatic rings. The number of phenols is 1. The van der Waals surface area contributed by atoms with E-state index in [2.05, 4.69) is 15.1 Å². The second-order valence-corrected chi connectivity index (χ2v) is 10.2. The van der Waals surface area contributed by atoms with Gasteiger partial charge in [-0.3, -0.25) is 9.69 Å². The normalized spacial score (nSPS) is 15.9. The third-order valence-corrected chi connectivity index (χ3v) is 7.95. The summed E-state index contributed by atoms with van der Waals surface area (Å²) in [5.41, 5.74) is 0.723. The van der Waals surface area contributed by atoms with Crippen molar-refractivity contribution in [3.8, 4) is 17.1 Å². The van der Waals surface area contributed by atoms with Crippen molar-refractivity contribution in [2.45, 2.75) is 38.0 Å². The van der Waals surface area contributed by atoms with Gasteiger partial charge >= 0.3 is 0 Å². The van der Waals surface area contributed by atoms with Crippen LogP contribution in [-0.4, -0.2) is 86.7 Å². The van der Waals surface area contributed by atoms with Crippen molar-refractivity contribution in [1.29, 1.82) is 0 Å². The van der Waals surface area contributed by atoms with E-state index in [0.29, 0.717) is 62.6 Å². The Labute approximate surface area is 197 Å². The van der Waals surface area contributed by atoms with Crippen molar-refractivity contribution in [3.05, 3.63) is 40.1 Å². The molecule has 0 atom stereocenters.